The zero-order valence-corrected chi connectivity index (χ0v) is 9.67. The Balaban J connectivity index is 1.93. The third-order valence-corrected chi connectivity index (χ3v) is 3.01. The number of hydrogen-bond acceptors (Lipinski definition) is 5. The van der Waals surface area contributed by atoms with Crippen LogP contribution in [0.4, 0.5) is 0 Å². The van der Waals surface area contributed by atoms with Crippen molar-refractivity contribution in [3.05, 3.63) is 5.82 Å². The van der Waals surface area contributed by atoms with Gasteiger partial charge in [0, 0.05) is 12.8 Å². The van der Waals surface area contributed by atoms with Gasteiger partial charge in [-0.25, -0.2) is 4.68 Å². The van der Waals surface area contributed by atoms with Gasteiger partial charge < -0.3 is 10.4 Å². The lowest BCUT2D eigenvalue weighted by Gasteiger charge is -2.23. The Morgan fingerprint density at radius 2 is 2.24 bits per heavy atom. The molecule has 0 aromatic carbocycles. The largest absolute Gasteiger partial charge is 0.481 e. The minimum absolute atomic E-state index is 0.166. The summed E-state index contributed by atoms with van der Waals surface area (Å²) in [6.45, 7) is 1.97. The van der Waals surface area contributed by atoms with Crippen LogP contribution in [0.2, 0.25) is 0 Å². The molecule has 0 aliphatic carbocycles. The van der Waals surface area contributed by atoms with Gasteiger partial charge in [-0.1, -0.05) is 0 Å². The summed E-state index contributed by atoms with van der Waals surface area (Å²) >= 11 is 0. The molecule has 2 heterocycles. The number of aromatic nitrogens is 4. The Morgan fingerprint density at radius 3 is 2.94 bits per heavy atom. The number of hydrogen-bond donors (Lipinski definition) is 2. The average Bonchev–Trinajstić information content (AvgIpc) is 2.78. The molecule has 1 saturated heterocycles. The topological polar surface area (TPSA) is 92.9 Å². The lowest BCUT2D eigenvalue weighted by atomic mass is 10.1. The van der Waals surface area contributed by atoms with Crippen LogP contribution < -0.4 is 5.32 Å². The van der Waals surface area contributed by atoms with E-state index in [0.717, 1.165) is 31.8 Å². The van der Waals surface area contributed by atoms with Crippen molar-refractivity contribution in [3.63, 3.8) is 0 Å². The summed E-state index contributed by atoms with van der Waals surface area (Å²) in [6.07, 6.45) is 3.43. The summed E-state index contributed by atoms with van der Waals surface area (Å²) in [7, 11) is 0. The van der Waals surface area contributed by atoms with Crippen LogP contribution in [0.5, 0.6) is 0 Å². The second-order valence-electron chi connectivity index (χ2n) is 4.27. The molecule has 0 amide bonds. The van der Waals surface area contributed by atoms with Gasteiger partial charge in [-0.15, -0.1) is 5.10 Å². The maximum absolute atomic E-state index is 10.4. The van der Waals surface area contributed by atoms with Crippen LogP contribution in [-0.4, -0.2) is 44.4 Å². The SMILES string of the molecule is O=C(O)CCCc1nnnn1C1CCNCC1. The van der Waals surface area contributed by atoms with Crippen LogP contribution in [0.15, 0.2) is 0 Å². The molecule has 0 saturated carbocycles. The first-order chi connectivity index (χ1) is 8.27. The molecule has 1 fully saturated rings. The van der Waals surface area contributed by atoms with Gasteiger partial charge in [0.15, 0.2) is 5.82 Å². The predicted octanol–water partition coefficient (Wildman–Crippen LogP) is 0.00490. The molecule has 1 aromatic rings. The summed E-state index contributed by atoms with van der Waals surface area (Å²) in [5.41, 5.74) is 0. The lowest BCUT2D eigenvalue weighted by Crippen LogP contribution is -2.30. The summed E-state index contributed by atoms with van der Waals surface area (Å²) in [4.78, 5) is 10.4. The zero-order chi connectivity index (χ0) is 12.1. The Hall–Kier alpha value is -1.50. The Bertz CT molecular complexity index is 373. The number of piperidine rings is 1. The highest BCUT2D eigenvalue weighted by Crippen LogP contribution is 2.18. The molecule has 1 aromatic heterocycles. The van der Waals surface area contributed by atoms with E-state index in [0.29, 0.717) is 18.9 Å². The molecule has 1 aliphatic rings. The standard InChI is InChI=1S/C10H17N5O2/c16-10(17)3-1-2-9-12-13-14-15(9)8-4-6-11-7-5-8/h8,11H,1-7H2,(H,16,17). The fraction of sp³-hybridized carbons (Fsp3) is 0.800. The second kappa shape index (κ2) is 5.72. The third-order valence-electron chi connectivity index (χ3n) is 3.01. The van der Waals surface area contributed by atoms with E-state index in [1.165, 1.54) is 0 Å². The molecule has 1 aliphatic heterocycles. The smallest absolute Gasteiger partial charge is 0.303 e. The molecule has 17 heavy (non-hydrogen) atoms. The molecule has 2 rings (SSSR count). The number of tetrazole rings is 1. The van der Waals surface area contributed by atoms with Crippen LogP contribution in [0.3, 0.4) is 0 Å². The van der Waals surface area contributed by atoms with Crippen molar-refractivity contribution in [2.24, 2.45) is 0 Å². The van der Waals surface area contributed by atoms with Gasteiger partial charge >= 0.3 is 5.97 Å². The molecule has 7 heteroatoms. The van der Waals surface area contributed by atoms with Gasteiger partial charge in [0.1, 0.15) is 0 Å². The van der Waals surface area contributed by atoms with E-state index in [1.54, 1.807) is 0 Å². The van der Waals surface area contributed by atoms with Crippen LogP contribution >= 0.6 is 0 Å². The van der Waals surface area contributed by atoms with Crippen molar-refractivity contribution in [3.8, 4) is 0 Å². The Labute approximate surface area is 99.2 Å². The molecule has 7 nitrogen and oxygen atoms in total. The van der Waals surface area contributed by atoms with E-state index in [1.807, 2.05) is 4.68 Å². The maximum Gasteiger partial charge on any atom is 0.303 e. The van der Waals surface area contributed by atoms with E-state index < -0.39 is 5.97 Å². The van der Waals surface area contributed by atoms with E-state index >= 15 is 0 Å². The van der Waals surface area contributed by atoms with Crippen molar-refractivity contribution >= 4 is 5.97 Å². The van der Waals surface area contributed by atoms with Gasteiger partial charge in [0.2, 0.25) is 0 Å². The number of aliphatic carboxylic acids is 1. The van der Waals surface area contributed by atoms with Crippen molar-refractivity contribution in [1.29, 1.82) is 0 Å². The second-order valence-corrected chi connectivity index (χ2v) is 4.27. The minimum atomic E-state index is -0.772. The molecule has 0 unspecified atom stereocenters. The number of rotatable bonds is 5. The molecule has 0 radical (unpaired) electrons. The molecular weight excluding hydrogens is 222 g/mol. The van der Waals surface area contributed by atoms with E-state index in [4.69, 9.17) is 5.11 Å². The highest BCUT2D eigenvalue weighted by molar-refractivity contribution is 5.66. The number of aryl methyl sites for hydroxylation is 1. The molecular formula is C10H17N5O2. The van der Waals surface area contributed by atoms with E-state index in [9.17, 15) is 4.79 Å². The Kier molecular flexibility index (Phi) is 4.03. The van der Waals surface area contributed by atoms with Crippen LogP contribution in [-0.2, 0) is 11.2 Å². The fourth-order valence-electron chi connectivity index (χ4n) is 2.11. The van der Waals surface area contributed by atoms with Crippen LogP contribution in [0.1, 0.15) is 37.5 Å². The number of carbonyl (C=O) groups is 1. The van der Waals surface area contributed by atoms with Gasteiger partial charge in [0.05, 0.1) is 6.04 Å². The number of carboxylic acid groups (broad SMARTS) is 1. The van der Waals surface area contributed by atoms with Gasteiger partial charge in [0.25, 0.3) is 0 Å². The minimum Gasteiger partial charge on any atom is -0.481 e. The average molecular weight is 239 g/mol. The van der Waals surface area contributed by atoms with Crippen molar-refractivity contribution in [2.75, 3.05) is 13.1 Å². The number of carboxylic acids is 1. The van der Waals surface area contributed by atoms with E-state index in [2.05, 4.69) is 20.8 Å². The highest BCUT2D eigenvalue weighted by atomic mass is 16.4. The van der Waals surface area contributed by atoms with Gasteiger partial charge in [-0.2, -0.15) is 0 Å². The number of nitrogens with zero attached hydrogens (tertiary/aromatic N) is 4. The predicted molar refractivity (Wildman–Crippen MR) is 59.5 cm³/mol. The summed E-state index contributed by atoms with van der Waals surface area (Å²) in [5.74, 6) is 0.0315. The zero-order valence-electron chi connectivity index (χ0n) is 9.67. The third kappa shape index (κ3) is 3.23. The first-order valence-corrected chi connectivity index (χ1v) is 5.96. The van der Waals surface area contributed by atoms with Crippen molar-refractivity contribution < 1.29 is 9.90 Å². The van der Waals surface area contributed by atoms with E-state index in [-0.39, 0.29) is 6.42 Å². The van der Waals surface area contributed by atoms with Crippen molar-refractivity contribution in [1.82, 2.24) is 25.5 Å². The monoisotopic (exact) mass is 239 g/mol. The molecule has 94 valence electrons. The quantitative estimate of drug-likeness (QED) is 0.751. The highest BCUT2D eigenvalue weighted by Gasteiger charge is 2.19. The normalized spacial score (nSPS) is 17.2. The molecule has 2 N–H and O–H groups in total. The Morgan fingerprint density at radius 1 is 1.47 bits per heavy atom. The first kappa shape index (κ1) is 12.0. The fourth-order valence-corrected chi connectivity index (χ4v) is 2.11. The van der Waals surface area contributed by atoms with Gasteiger partial charge in [-0.3, -0.25) is 4.79 Å². The summed E-state index contributed by atoms with van der Waals surface area (Å²) in [6, 6.07) is 0.353. The summed E-state index contributed by atoms with van der Waals surface area (Å²) in [5, 5.41) is 23.6. The molecule has 0 spiro atoms. The van der Waals surface area contributed by atoms with Crippen LogP contribution in [0.25, 0.3) is 0 Å². The van der Waals surface area contributed by atoms with Crippen molar-refractivity contribution in [2.45, 2.75) is 38.1 Å². The lowest BCUT2D eigenvalue weighted by molar-refractivity contribution is -0.137. The number of nitrogens with one attached hydrogen (secondary N) is 1. The molecule has 0 bridgehead atoms. The maximum atomic E-state index is 10.4. The van der Waals surface area contributed by atoms with Crippen LogP contribution in [0, 0.1) is 0 Å². The summed E-state index contributed by atoms with van der Waals surface area (Å²) < 4.78 is 1.86. The van der Waals surface area contributed by atoms with Gasteiger partial charge in [-0.05, 0) is 42.8 Å². The molecule has 0 atom stereocenters. The first-order valence-electron chi connectivity index (χ1n) is 5.96.